The first-order valence-corrected chi connectivity index (χ1v) is 10.7. The van der Waals surface area contributed by atoms with E-state index in [0.717, 1.165) is 38.9 Å². The number of aromatic amines is 2. The van der Waals surface area contributed by atoms with Crippen molar-refractivity contribution in [1.82, 2.24) is 20.2 Å². The maximum absolute atomic E-state index is 4.65. The Kier molecular flexibility index (Phi) is 5.04. The van der Waals surface area contributed by atoms with Crippen molar-refractivity contribution in [1.29, 1.82) is 0 Å². The third kappa shape index (κ3) is 3.36. The molecule has 5 aromatic rings. The highest BCUT2D eigenvalue weighted by molar-refractivity contribution is 6.01. The summed E-state index contributed by atoms with van der Waals surface area (Å²) in [6.07, 6.45) is 9.65. The van der Waals surface area contributed by atoms with Crippen LogP contribution in [-0.4, -0.2) is 20.2 Å². The maximum Gasteiger partial charge on any atom is 0.116 e. The van der Waals surface area contributed by atoms with E-state index in [1.807, 2.05) is 36.7 Å². The molecule has 0 saturated heterocycles. The van der Waals surface area contributed by atoms with E-state index in [-0.39, 0.29) is 0 Å². The third-order valence-corrected chi connectivity index (χ3v) is 5.87. The van der Waals surface area contributed by atoms with Gasteiger partial charge in [-0.1, -0.05) is 43.0 Å². The van der Waals surface area contributed by atoms with E-state index in [1.165, 1.54) is 22.1 Å². The summed E-state index contributed by atoms with van der Waals surface area (Å²) in [7, 11) is 0. The fourth-order valence-corrected chi connectivity index (χ4v) is 4.34. The lowest BCUT2D eigenvalue weighted by Gasteiger charge is -2.08. The van der Waals surface area contributed by atoms with Crippen LogP contribution in [0.3, 0.4) is 0 Å². The second kappa shape index (κ2) is 8.16. The van der Waals surface area contributed by atoms with Crippen LogP contribution < -0.4 is 0 Å². The number of benzene rings is 2. The van der Waals surface area contributed by atoms with Crippen LogP contribution in [0.25, 0.3) is 49.9 Å². The first-order valence-electron chi connectivity index (χ1n) is 10.7. The first-order chi connectivity index (χ1) is 15.7. The highest BCUT2D eigenvalue weighted by atomic mass is 15.1. The zero-order chi connectivity index (χ0) is 22.1. The number of allylic oxidation sites excluding steroid dienone is 5. The third-order valence-electron chi connectivity index (χ3n) is 5.87. The van der Waals surface area contributed by atoms with Gasteiger partial charge in [-0.05, 0) is 78.1 Å². The lowest BCUT2D eigenvalue weighted by molar-refractivity contribution is 1.12. The minimum atomic E-state index is 0.916. The van der Waals surface area contributed by atoms with Crippen molar-refractivity contribution in [2.45, 2.75) is 13.8 Å². The molecule has 0 unspecified atom stereocenters. The fourth-order valence-electron chi connectivity index (χ4n) is 4.34. The smallest absolute Gasteiger partial charge is 0.116 e. The molecule has 4 heteroatoms. The Labute approximate surface area is 187 Å². The Bertz CT molecular complexity index is 1500. The molecule has 0 radical (unpaired) electrons. The predicted octanol–water partition coefficient (Wildman–Crippen LogP) is 7.31. The molecule has 0 bridgehead atoms. The topological polar surface area (TPSA) is 57.4 Å². The fraction of sp³-hybridized carbons (Fsp3) is 0.0714. The SMILES string of the molecule is C=C/C=C(C)\C(=C/C)c1ccc2[nH]nc(-c3cc4c(-c5ccncc5)cccc4[nH]3)c2c1. The van der Waals surface area contributed by atoms with E-state index < -0.39 is 0 Å². The molecular weight excluding hydrogens is 392 g/mol. The average molecular weight is 417 g/mol. The van der Waals surface area contributed by atoms with Crippen molar-refractivity contribution >= 4 is 27.4 Å². The van der Waals surface area contributed by atoms with Crippen molar-refractivity contribution in [3.8, 4) is 22.5 Å². The van der Waals surface area contributed by atoms with Crippen molar-refractivity contribution in [2.75, 3.05) is 0 Å². The van der Waals surface area contributed by atoms with Gasteiger partial charge in [0.25, 0.3) is 0 Å². The van der Waals surface area contributed by atoms with E-state index >= 15 is 0 Å². The molecule has 0 aliphatic heterocycles. The Hall–Kier alpha value is -4.18. The summed E-state index contributed by atoms with van der Waals surface area (Å²) in [6.45, 7) is 8.00. The van der Waals surface area contributed by atoms with Crippen LogP contribution in [-0.2, 0) is 0 Å². The van der Waals surface area contributed by atoms with Crippen LogP contribution in [0.1, 0.15) is 19.4 Å². The number of fused-ring (bicyclic) bond motifs is 2. The van der Waals surface area contributed by atoms with Gasteiger partial charge in [0.2, 0.25) is 0 Å². The zero-order valence-electron chi connectivity index (χ0n) is 18.2. The Morgan fingerprint density at radius 1 is 0.969 bits per heavy atom. The normalized spacial score (nSPS) is 12.6. The quantitative estimate of drug-likeness (QED) is 0.295. The predicted molar refractivity (Wildman–Crippen MR) is 134 cm³/mol. The minimum Gasteiger partial charge on any atom is -0.353 e. The molecule has 4 nitrogen and oxygen atoms in total. The van der Waals surface area contributed by atoms with Crippen molar-refractivity contribution in [3.05, 3.63) is 103 Å². The van der Waals surface area contributed by atoms with Crippen molar-refractivity contribution in [3.63, 3.8) is 0 Å². The van der Waals surface area contributed by atoms with E-state index in [4.69, 9.17) is 0 Å². The summed E-state index contributed by atoms with van der Waals surface area (Å²) in [4.78, 5) is 7.72. The zero-order valence-corrected chi connectivity index (χ0v) is 18.2. The van der Waals surface area contributed by atoms with E-state index in [2.05, 4.69) is 89.1 Å². The molecule has 0 spiro atoms. The maximum atomic E-state index is 4.65. The lowest BCUT2D eigenvalue weighted by Crippen LogP contribution is -1.87. The summed E-state index contributed by atoms with van der Waals surface area (Å²) in [5.74, 6) is 0. The average Bonchev–Trinajstić information content (AvgIpc) is 3.44. The van der Waals surface area contributed by atoms with Gasteiger partial charge in [0.05, 0.1) is 11.2 Å². The van der Waals surface area contributed by atoms with Crippen LogP contribution in [0, 0.1) is 0 Å². The standard InChI is InChI=1S/C28H24N4/c1-4-7-18(3)21(5-2)20-10-11-26-24(16-20)28(32-31-26)27-17-23-22(8-6-9-25(23)30-27)19-12-14-29-15-13-19/h4-17,30H,1H2,2-3H3,(H,31,32)/b18-7-,21-5+. The molecule has 2 aromatic carbocycles. The van der Waals surface area contributed by atoms with Gasteiger partial charge in [0.1, 0.15) is 5.69 Å². The molecule has 0 fully saturated rings. The summed E-state index contributed by atoms with van der Waals surface area (Å²) >= 11 is 0. The van der Waals surface area contributed by atoms with Crippen LogP contribution in [0.2, 0.25) is 0 Å². The van der Waals surface area contributed by atoms with Crippen LogP contribution in [0.15, 0.2) is 97.4 Å². The molecule has 156 valence electrons. The number of hydrogen-bond acceptors (Lipinski definition) is 2. The molecule has 0 saturated carbocycles. The molecule has 3 aromatic heterocycles. The first kappa shape index (κ1) is 19.8. The summed E-state index contributed by atoms with van der Waals surface area (Å²) in [5, 5.41) is 10.1. The molecule has 5 rings (SSSR count). The lowest BCUT2D eigenvalue weighted by atomic mass is 9.96. The number of aromatic nitrogens is 4. The number of nitrogens with one attached hydrogen (secondary N) is 2. The number of hydrogen-bond donors (Lipinski definition) is 2. The Morgan fingerprint density at radius 3 is 2.59 bits per heavy atom. The summed E-state index contributed by atoms with van der Waals surface area (Å²) in [6, 6.07) is 19.0. The van der Waals surface area contributed by atoms with Crippen LogP contribution in [0.5, 0.6) is 0 Å². The van der Waals surface area contributed by atoms with Gasteiger partial charge < -0.3 is 4.98 Å². The second-order valence-electron chi connectivity index (χ2n) is 7.81. The minimum absolute atomic E-state index is 0.916. The number of H-pyrrole nitrogens is 2. The van der Waals surface area contributed by atoms with Crippen LogP contribution in [0.4, 0.5) is 0 Å². The van der Waals surface area contributed by atoms with E-state index in [0.29, 0.717) is 0 Å². The molecule has 32 heavy (non-hydrogen) atoms. The molecule has 0 aliphatic rings. The van der Waals surface area contributed by atoms with E-state index in [9.17, 15) is 0 Å². The van der Waals surface area contributed by atoms with Gasteiger partial charge in [-0.3, -0.25) is 10.1 Å². The van der Waals surface area contributed by atoms with Crippen LogP contribution >= 0.6 is 0 Å². The molecule has 2 N–H and O–H groups in total. The Balaban J connectivity index is 1.65. The van der Waals surface area contributed by atoms with Gasteiger partial charge in [-0.25, -0.2) is 0 Å². The van der Waals surface area contributed by atoms with Gasteiger partial charge in [-0.15, -0.1) is 0 Å². The second-order valence-corrected chi connectivity index (χ2v) is 7.81. The molecule has 0 amide bonds. The molecule has 3 heterocycles. The molecular formula is C28H24N4. The largest absolute Gasteiger partial charge is 0.353 e. The summed E-state index contributed by atoms with van der Waals surface area (Å²) < 4.78 is 0. The number of pyridine rings is 1. The van der Waals surface area contributed by atoms with Crippen molar-refractivity contribution < 1.29 is 0 Å². The number of rotatable bonds is 5. The summed E-state index contributed by atoms with van der Waals surface area (Å²) in [5.41, 5.74) is 9.85. The van der Waals surface area contributed by atoms with E-state index in [1.54, 1.807) is 0 Å². The Morgan fingerprint density at radius 2 is 1.81 bits per heavy atom. The highest BCUT2D eigenvalue weighted by Gasteiger charge is 2.15. The molecule has 0 atom stereocenters. The number of nitrogens with zero attached hydrogens (tertiary/aromatic N) is 2. The van der Waals surface area contributed by atoms with Gasteiger partial charge in [0, 0.05) is 28.7 Å². The van der Waals surface area contributed by atoms with Gasteiger partial charge in [-0.2, -0.15) is 5.10 Å². The monoisotopic (exact) mass is 416 g/mol. The van der Waals surface area contributed by atoms with Gasteiger partial charge in [0.15, 0.2) is 0 Å². The molecule has 0 aliphatic carbocycles. The van der Waals surface area contributed by atoms with Crippen molar-refractivity contribution in [2.24, 2.45) is 0 Å². The highest BCUT2D eigenvalue weighted by Crippen LogP contribution is 2.35. The van der Waals surface area contributed by atoms with Gasteiger partial charge >= 0.3 is 0 Å².